The lowest BCUT2D eigenvalue weighted by Crippen LogP contribution is -1.89. The van der Waals surface area contributed by atoms with Crippen LogP contribution < -0.4 is 0 Å². The molecule has 2 heterocycles. The van der Waals surface area contributed by atoms with Crippen molar-refractivity contribution in [2.45, 2.75) is 13.8 Å². The minimum Gasteiger partial charge on any atom is -0.242 e. The first kappa shape index (κ1) is 9.27. The van der Waals surface area contributed by atoms with Gasteiger partial charge >= 0.3 is 0 Å². The second-order valence-corrected chi connectivity index (χ2v) is 4.24. The number of hydrogen-bond donors (Lipinski definition) is 0. The molecule has 0 N–H and O–H groups in total. The van der Waals surface area contributed by atoms with Crippen molar-refractivity contribution >= 4 is 11.3 Å². The van der Waals surface area contributed by atoms with E-state index in [-0.39, 0.29) is 5.13 Å². The van der Waals surface area contributed by atoms with Crippen LogP contribution >= 0.6 is 11.3 Å². The van der Waals surface area contributed by atoms with Crippen LogP contribution in [-0.2, 0) is 0 Å². The largest absolute Gasteiger partial charge is 0.242 e. The van der Waals surface area contributed by atoms with E-state index in [1.807, 2.05) is 13.0 Å². The first-order chi connectivity index (χ1) is 6.66. The van der Waals surface area contributed by atoms with E-state index in [1.54, 1.807) is 19.2 Å². The highest BCUT2D eigenvalue weighted by Gasteiger charge is 2.09. The highest BCUT2D eigenvalue weighted by atomic mass is 32.1. The third-order valence-corrected chi connectivity index (χ3v) is 2.70. The van der Waals surface area contributed by atoms with Crippen LogP contribution in [0.1, 0.15) is 10.7 Å². The Morgan fingerprint density at radius 2 is 2.14 bits per heavy atom. The summed E-state index contributed by atoms with van der Waals surface area (Å²) in [6, 6.07) is 3.53. The van der Waals surface area contributed by atoms with Crippen LogP contribution in [0.15, 0.2) is 18.3 Å². The third kappa shape index (κ3) is 1.65. The van der Waals surface area contributed by atoms with Gasteiger partial charge in [0.15, 0.2) is 5.13 Å². The van der Waals surface area contributed by atoms with Crippen molar-refractivity contribution in [1.29, 1.82) is 0 Å². The number of aromatic nitrogens is 2. The lowest BCUT2D eigenvalue weighted by Gasteiger charge is -1.97. The maximum atomic E-state index is 13.4. The van der Waals surface area contributed by atoms with Gasteiger partial charge in [-0.15, -0.1) is 11.3 Å². The van der Waals surface area contributed by atoms with Gasteiger partial charge in [-0.3, -0.25) is 0 Å². The third-order valence-electron chi connectivity index (χ3n) is 1.86. The van der Waals surface area contributed by atoms with E-state index >= 15 is 0 Å². The Morgan fingerprint density at radius 1 is 1.36 bits per heavy atom. The first-order valence-corrected chi connectivity index (χ1v) is 5.04. The van der Waals surface area contributed by atoms with Crippen LogP contribution in [0.3, 0.4) is 0 Å². The Labute approximate surface area is 85.5 Å². The second kappa shape index (κ2) is 3.46. The fraction of sp³-hybridized carbons (Fsp3) is 0.200. The number of rotatable bonds is 1. The van der Waals surface area contributed by atoms with Crippen LogP contribution in [0.25, 0.3) is 11.3 Å². The van der Waals surface area contributed by atoms with Crippen molar-refractivity contribution in [3.8, 4) is 11.3 Å². The van der Waals surface area contributed by atoms with Gasteiger partial charge in [0.25, 0.3) is 0 Å². The smallest absolute Gasteiger partial charge is 0.186 e. The molecule has 0 spiro atoms. The lowest BCUT2D eigenvalue weighted by atomic mass is 10.2. The number of aryl methyl sites for hydroxylation is 2. The van der Waals surface area contributed by atoms with E-state index in [0.29, 0.717) is 17.1 Å². The van der Waals surface area contributed by atoms with Crippen molar-refractivity contribution < 1.29 is 4.39 Å². The normalized spacial score (nSPS) is 10.5. The van der Waals surface area contributed by atoms with Gasteiger partial charge in [0.1, 0.15) is 5.82 Å². The summed E-state index contributed by atoms with van der Waals surface area (Å²) in [5.41, 5.74) is 1.22. The summed E-state index contributed by atoms with van der Waals surface area (Å²) in [6.07, 6.45) is 1.64. The zero-order chi connectivity index (χ0) is 10.1. The molecule has 0 aliphatic rings. The molecule has 0 amide bonds. The minimum absolute atomic E-state index is 0.180. The molecular weight excluding hydrogens is 199 g/mol. The van der Waals surface area contributed by atoms with Crippen LogP contribution in [0, 0.1) is 19.0 Å². The SMILES string of the molecule is Cc1nccc(-c2cc(C)sc2F)n1. The summed E-state index contributed by atoms with van der Waals surface area (Å²) in [4.78, 5) is 9.10. The standard InChI is InChI=1S/C10H9FN2S/c1-6-5-8(10(11)14-6)9-3-4-12-7(2)13-9/h3-5H,1-2H3. The molecule has 0 aliphatic carbocycles. The molecule has 2 rings (SSSR count). The molecular formula is C10H9FN2S. The van der Waals surface area contributed by atoms with Crippen molar-refractivity contribution in [3.05, 3.63) is 34.2 Å². The molecule has 0 saturated carbocycles. The summed E-state index contributed by atoms with van der Waals surface area (Å²) < 4.78 is 13.4. The van der Waals surface area contributed by atoms with Crippen LogP contribution in [-0.4, -0.2) is 9.97 Å². The predicted molar refractivity (Wildman–Crippen MR) is 54.8 cm³/mol. The van der Waals surface area contributed by atoms with E-state index in [4.69, 9.17) is 0 Å². The zero-order valence-electron chi connectivity index (χ0n) is 7.91. The van der Waals surface area contributed by atoms with Gasteiger partial charge in [-0.1, -0.05) is 0 Å². The van der Waals surface area contributed by atoms with Gasteiger partial charge in [-0.2, -0.15) is 4.39 Å². The van der Waals surface area contributed by atoms with Gasteiger partial charge in [-0.25, -0.2) is 9.97 Å². The molecule has 2 aromatic heterocycles. The topological polar surface area (TPSA) is 25.8 Å². The zero-order valence-corrected chi connectivity index (χ0v) is 8.73. The number of thiophene rings is 1. The summed E-state index contributed by atoms with van der Waals surface area (Å²) in [5, 5.41) is -0.180. The van der Waals surface area contributed by atoms with E-state index in [9.17, 15) is 4.39 Å². The molecule has 0 fully saturated rings. The number of hydrogen-bond acceptors (Lipinski definition) is 3. The maximum absolute atomic E-state index is 13.4. The molecule has 0 saturated heterocycles. The molecule has 14 heavy (non-hydrogen) atoms. The first-order valence-electron chi connectivity index (χ1n) is 4.23. The maximum Gasteiger partial charge on any atom is 0.186 e. The average Bonchev–Trinajstić information content (AvgIpc) is 2.45. The molecule has 0 atom stereocenters. The number of nitrogens with zero attached hydrogens (tertiary/aromatic N) is 2. The minimum atomic E-state index is -0.180. The molecule has 0 bridgehead atoms. The fourth-order valence-corrected chi connectivity index (χ4v) is 2.00. The van der Waals surface area contributed by atoms with Gasteiger partial charge < -0.3 is 0 Å². The van der Waals surface area contributed by atoms with Crippen LogP contribution in [0.4, 0.5) is 4.39 Å². The Hall–Kier alpha value is -1.29. The molecule has 2 nitrogen and oxygen atoms in total. The van der Waals surface area contributed by atoms with Crippen molar-refractivity contribution in [1.82, 2.24) is 9.97 Å². The van der Waals surface area contributed by atoms with E-state index < -0.39 is 0 Å². The Bertz CT molecular complexity index is 465. The Balaban J connectivity index is 2.54. The molecule has 0 aromatic carbocycles. The molecule has 0 unspecified atom stereocenters. The molecule has 72 valence electrons. The number of halogens is 1. The Kier molecular flexibility index (Phi) is 2.29. The molecule has 4 heteroatoms. The van der Waals surface area contributed by atoms with Crippen LogP contribution in [0.2, 0.25) is 0 Å². The quantitative estimate of drug-likeness (QED) is 0.720. The van der Waals surface area contributed by atoms with Gasteiger partial charge in [-0.05, 0) is 26.0 Å². The summed E-state index contributed by atoms with van der Waals surface area (Å²) in [5.74, 6) is 0.658. The highest BCUT2D eigenvalue weighted by Crippen LogP contribution is 2.27. The average molecular weight is 208 g/mol. The molecule has 0 radical (unpaired) electrons. The summed E-state index contributed by atoms with van der Waals surface area (Å²) in [7, 11) is 0. The van der Waals surface area contributed by atoms with Crippen LogP contribution in [0.5, 0.6) is 0 Å². The monoisotopic (exact) mass is 208 g/mol. The van der Waals surface area contributed by atoms with Crippen molar-refractivity contribution in [3.63, 3.8) is 0 Å². The van der Waals surface area contributed by atoms with Crippen molar-refractivity contribution in [2.75, 3.05) is 0 Å². The predicted octanol–water partition coefficient (Wildman–Crippen LogP) is 2.96. The van der Waals surface area contributed by atoms with E-state index in [1.165, 1.54) is 0 Å². The second-order valence-electron chi connectivity index (χ2n) is 3.03. The Morgan fingerprint density at radius 3 is 2.71 bits per heavy atom. The van der Waals surface area contributed by atoms with Gasteiger partial charge in [0.05, 0.1) is 5.69 Å². The highest BCUT2D eigenvalue weighted by molar-refractivity contribution is 7.10. The van der Waals surface area contributed by atoms with Gasteiger partial charge in [0, 0.05) is 16.6 Å². The molecule has 2 aromatic rings. The van der Waals surface area contributed by atoms with E-state index in [0.717, 1.165) is 16.2 Å². The van der Waals surface area contributed by atoms with Gasteiger partial charge in [0.2, 0.25) is 0 Å². The summed E-state index contributed by atoms with van der Waals surface area (Å²) >= 11 is 1.14. The van der Waals surface area contributed by atoms with Crippen molar-refractivity contribution in [2.24, 2.45) is 0 Å². The molecule has 0 aliphatic heterocycles. The summed E-state index contributed by atoms with van der Waals surface area (Å²) in [6.45, 7) is 3.67. The van der Waals surface area contributed by atoms with E-state index in [2.05, 4.69) is 9.97 Å². The fourth-order valence-electron chi connectivity index (χ4n) is 1.27. The lowest BCUT2D eigenvalue weighted by molar-refractivity contribution is 0.659.